The maximum absolute atomic E-state index is 13.6. The minimum absolute atomic E-state index is 0.0993. The maximum atomic E-state index is 13.6. The van der Waals surface area contributed by atoms with Gasteiger partial charge >= 0.3 is 0 Å². The molecule has 0 spiro atoms. The molecule has 29 heavy (non-hydrogen) atoms. The predicted molar refractivity (Wildman–Crippen MR) is 110 cm³/mol. The summed E-state index contributed by atoms with van der Waals surface area (Å²) in [5.74, 6) is 0.419. The van der Waals surface area contributed by atoms with Gasteiger partial charge in [-0.1, -0.05) is 60.7 Å². The van der Waals surface area contributed by atoms with Crippen molar-refractivity contribution in [3.05, 3.63) is 101 Å². The zero-order valence-corrected chi connectivity index (χ0v) is 16.0. The van der Waals surface area contributed by atoms with Gasteiger partial charge in [-0.05, 0) is 46.7 Å². The summed E-state index contributed by atoms with van der Waals surface area (Å²) >= 11 is 0. The lowest BCUT2D eigenvalue weighted by molar-refractivity contribution is -0.123. The Morgan fingerprint density at radius 1 is 0.897 bits per heavy atom. The van der Waals surface area contributed by atoms with Crippen LogP contribution in [0.2, 0.25) is 0 Å². The lowest BCUT2D eigenvalue weighted by Gasteiger charge is -2.45. The van der Waals surface area contributed by atoms with Crippen LogP contribution in [0.3, 0.4) is 0 Å². The van der Waals surface area contributed by atoms with Crippen molar-refractivity contribution in [2.45, 2.75) is 18.3 Å². The zero-order valence-electron chi connectivity index (χ0n) is 16.0. The van der Waals surface area contributed by atoms with Crippen LogP contribution in [0.1, 0.15) is 40.5 Å². The molecule has 0 aromatic heterocycles. The Labute approximate surface area is 169 Å². The normalized spacial score (nSPS) is 21.2. The van der Waals surface area contributed by atoms with Crippen LogP contribution >= 0.6 is 0 Å². The smallest absolute Gasteiger partial charge is 0.257 e. The number of benzene rings is 3. The van der Waals surface area contributed by atoms with E-state index in [1.165, 1.54) is 34.4 Å². The molecule has 146 valence electrons. The van der Waals surface area contributed by atoms with Gasteiger partial charge in [0.15, 0.2) is 18.2 Å². The van der Waals surface area contributed by atoms with Gasteiger partial charge in [0.1, 0.15) is 0 Å². The van der Waals surface area contributed by atoms with E-state index in [-0.39, 0.29) is 18.3 Å². The summed E-state index contributed by atoms with van der Waals surface area (Å²) in [5, 5.41) is 3.00. The Kier molecular flexibility index (Phi) is 4.55. The second-order valence-electron chi connectivity index (χ2n) is 7.81. The number of rotatable bonds is 5. The molecule has 0 aliphatic heterocycles. The lowest BCUT2D eigenvalue weighted by atomic mass is 9.59. The van der Waals surface area contributed by atoms with Gasteiger partial charge in [0.25, 0.3) is 5.91 Å². The molecule has 3 aliphatic carbocycles. The van der Waals surface area contributed by atoms with E-state index in [2.05, 4.69) is 53.8 Å². The molecule has 6 rings (SSSR count). The molecule has 1 N–H and O–H groups in total. The van der Waals surface area contributed by atoms with Crippen LogP contribution < -0.4 is 10.1 Å². The van der Waals surface area contributed by atoms with E-state index in [1.54, 1.807) is 12.1 Å². The SMILES string of the molecule is O=C(COc1ccccc1F)NCC1CC2c3ccccc3C1c1ccccc12. The zero-order chi connectivity index (χ0) is 19.8. The molecule has 3 aliphatic rings. The number of ether oxygens (including phenoxy) is 1. The van der Waals surface area contributed by atoms with E-state index in [0.29, 0.717) is 24.3 Å². The van der Waals surface area contributed by atoms with Gasteiger partial charge < -0.3 is 10.1 Å². The van der Waals surface area contributed by atoms with Crippen molar-refractivity contribution in [1.29, 1.82) is 0 Å². The van der Waals surface area contributed by atoms with Crippen LogP contribution in [0.15, 0.2) is 72.8 Å². The van der Waals surface area contributed by atoms with Gasteiger partial charge in [-0.3, -0.25) is 4.79 Å². The van der Waals surface area contributed by atoms with E-state index in [1.807, 2.05) is 0 Å². The first-order valence-corrected chi connectivity index (χ1v) is 10.0. The Morgan fingerprint density at radius 2 is 1.48 bits per heavy atom. The van der Waals surface area contributed by atoms with Crippen molar-refractivity contribution in [2.24, 2.45) is 5.92 Å². The van der Waals surface area contributed by atoms with Gasteiger partial charge in [0, 0.05) is 18.4 Å². The minimum Gasteiger partial charge on any atom is -0.481 e. The fourth-order valence-corrected chi connectivity index (χ4v) is 4.96. The number of hydrogen-bond donors (Lipinski definition) is 1. The maximum Gasteiger partial charge on any atom is 0.257 e. The third-order valence-corrected chi connectivity index (χ3v) is 6.18. The largest absolute Gasteiger partial charge is 0.481 e. The highest BCUT2D eigenvalue weighted by Gasteiger charge is 2.42. The lowest BCUT2D eigenvalue weighted by Crippen LogP contribution is -2.40. The van der Waals surface area contributed by atoms with Gasteiger partial charge in [0.2, 0.25) is 0 Å². The van der Waals surface area contributed by atoms with Gasteiger partial charge in [-0.15, -0.1) is 0 Å². The first-order valence-electron chi connectivity index (χ1n) is 10.0. The van der Waals surface area contributed by atoms with E-state index in [9.17, 15) is 9.18 Å². The molecule has 1 amide bonds. The summed E-state index contributed by atoms with van der Waals surface area (Å²) in [7, 11) is 0. The van der Waals surface area contributed by atoms with E-state index in [0.717, 1.165) is 6.42 Å². The Balaban J connectivity index is 1.29. The number of hydrogen-bond acceptors (Lipinski definition) is 2. The highest BCUT2D eigenvalue weighted by Crippen LogP contribution is 2.55. The molecule has 3 aromatic rings. The second kappa shape index (κ2) is 7.36. The monoisotopic (exact) mass is 387 g/mol. The quantitative estimate of drug-likeness (QED) is 0.694. The van der Waals surface area contributed by atoms with Crippen LogP contribution in [0.5, 0.6) is 5.75 Å². The molecule has 0 heterocycles. The highest BCUT2D eigenvalue weighted by molar-refractivity contribution is 5.77. The summed E-state index contributed by atoms with van der Waals surface area (Å²) in [6, 6.07) is 23.5. The predicted octanol–water partition coefficient (Wildman–Crippen LogP) is 4.62. The Morgan fingerprint density at radius 3 is 2.14 bits per heavy atom. The van der Waals surface area contributed by atoms with Crippen molar-refractivity contribution in [3.63, 3.8) is 0 Å². The fourth-order valence-electron chi connectivity index (χ4n) is 4.96. The van der Waals surface area contributed by atoms with Crippen LogP contribution in [-0.4, -0.2) is 19.1 Å². The number of amides is 1. The first-order chi connectivity index (χ1) is 14.2. The number of fused-ring (bicyclic) bond motifs is 1. The van der Waals surface area contributed by atoms with Gasteiger partial charge in [0.05, 0.1) is 0 Å². The Hall–Kier alpha value is -3.14. The number of halogens is 1. The molecule has 1 atom stereocenters. The van der Waals surface area contributed by atoms with E-state index < -0.39 is 5.82 Å². The van der Waals surface area contributed by atoms with E-state index in [4.69, 9.17) is 4.74 Å². The number of nitrogens with one attached hydrogen (secondary N) is 1. The van der Waals surface area contributed by atoms with Crippen molar-refractivity contribution in [1.82, 2.24) is 5.32 Å². The van der Waals surface area contributed by atoms with Crippen molar-refractivity contribution in [3.8, 4) is 5.75 Å². The topological polar surface area (TPSA) is 38.3 Å². The standard InChI is InChI=1S/C25H22FNO2/c26-22-11-5-6-12-23(22)29-15-24(28)27-14-16-13-21-17-7-1-3-9-19(17)25(16)20-10-4-2-8-18(20)21/h1-12,16,21,25H,13-15H2,(H,27,28). The van der Waals surface area contributed by atoms with Crippen LogP contribution in [0.25, 0.3) is 0 Å². The molecule has 0 fully saturated rings. The molecule has 2 bridgehead atoms. The third-order valence-electron chi connectivity index (χ3n) is 6.18. The van der Waals surface area contributed by atoms with Gasteiger partial charge in [-0.2, -0.15) is 0 Å². The average molecular weight is 387 g/mol. The fraction of sp³-hybridized carbons (Fsp3) is 0.240. The average Bonchev–Trinajstić information content (AvgIpc) is 2.77. The molecular formula is C25H22FNO2. The van der Waals surface area contributed by atoms with Crippen molar-refractivity contribution in [2.75, 3.05) is 13.2 Å². The van der Waals surface area contributed by atoms with Crippen LogP contribution in [-0.2, 0) is 4.79 Å². The molecule has 0 radical (unpaired) electrons. The molecule has 3 aromatic carbocycles. The molecular weight excluding hydrogens is 365 g/mol. The van der Waals surface area contributed by atoms with Crippen molar-refractivity contribution >= 4 is 5.91 Å². The third kappa shape index (κ3) is 3.19. The number of carbonyl (C=O) groups excluding carboxylic acids is 1. The van der Waals surface area contributed by atoms with Crippen molar-refractivity contribution < 1.29 is 13.9 Å². The molecule has 4 heteroatoms. The molecule has 0 saturated heterocycles. The summed E-state index contributed by atoms with van der Waals surface area (Å²) in [6.45, 7) is 0.401. The first kappa shape index (κ1) is 17.9. The minimum atomic E-state index is -0.460. The summed E-state index contributed by atoms with van der Waals surface area (Å²) in [4.78, 5) is 12.3. The summed E-state index contributed by atoms with van der Waals surface area (Å²) < 4.78 is 19.0. The van der Waals surface area contributed by atoms with E-state index >= 15 is 0 Å². The number of para-hydroxylation sites is 1. The molecule has 0 saturated carbocycles. The number of carbonyl (C=O) groups is 1. The van der Waals surface area contributed by atoms with Crippen LogP contribution in [0, 0.1) is 11.7 Å². The Bertz CT molecular complexity index is 1020. The second-order valence-corrected chi connectivity index (χ2v) is 7.81. The van der Waals surface area contributed by atoms with Gasteiger partial charge in [-0.25, -0.2) is 4.39 Å². The molecule has 1 unspecified atom stereocenters. The molecule has 3 nitrogen and oxygen atoms in total. The summed E-state index contributed by atoms with van der Waals surface area (Å²) in [6.07, 6.45) is 1.02. The van der Waals surface area contributed by atoms with Crippen LogP contribution in [0.4, 0.5) is 4.39 Å². The highest BCUT2D eigenvalue weighted by atomic mass is 19.1. The summed E-state index contributed by atoms with van der Waals surface area (Å²) in [5.41, 5.74) is 5.59.